The van der Waals surface area contributed by atoms with Crippen molar-refractivity contribution in [3.63, 3.8) is 0 Å². The number of carboxylic acids is 1. The molecule has 0 radical (unpaired) electrons. The summed E-state index contributed by atoms with van der Waals surface area (Å²) in [6.45, 7) is 0. The first-order valence-corrected chi connectivity index (χ1v) is 3.66. The van der Waals surface area contributed by atoms with Crippen LogP contribution in [-0.2, 0) is 4.79 Å². The quantitative estimate of drug-likeness (QED) is 0.524. The summed E-state index contributed by atoms with van der Waals surface area (Å²) in [6.07, 6.45) is 3.06. The second-order valence-electron chi connectivity index (χ2n) is 2.93. The highest BCUT2D eigenvalue weighted by Crippen LogP contribution is 2.22. The van der Waals surface area contributed by atoms with Gasteiger partial charge in [-0.2, -0.15) is 0 Å². The SMILES string of the molecule is NC1CCC(C(=O)[O-])CC1. The van der Waals surface area contributed by atoms with Crippen molar-refractivity contribution >= 4 is 5.97 Å². The van der Waals surface area contributed by atoms with Crippen LogP contribution in [0.1, 0.15) is 25.7 Å². The summed E-state index contributed by atoms with van der Waals surface area (Å²) in [5.41, 5.74) is 5.58. The summed E-state index contributed by atoms with van der Waals surface area (Å²) >= 11 is 0. The van der Waals surface area contributed by atoms with Gasteiger partial charge in [-0.3, -0.25) is 0 Å². The maximum atomic E-state index is 10.3. The van der Waals surface area contributed by atoms with Gasteiger partial charge in [-0.15, -0.1) is 0 Å². The van der Waals surface area contributed by atoms with Crippen LogP contribution in [0.25, 0.3) is 0 Å². The lowest BCUT2D eigenvalue weighted by Crippen LogP contribution is -2.36. The van der Waals surface area contributed by atoms with Crippen molar-refractivity contribution in [2.24, 2.45) is 11.7 Å². The molecule has 2 N–H and O–H groups in total. The van der Waals surface area contributed by atoms with Crippen LogP contribution in [0.3, 0.4) is 0 Å². The molecule has 0 unspecified atom stereocenters. The zero-order valence-electron chi connectivity index (χ0n) is 5.88. The average molecular weight is 142 g/mol. The van der Waals surface area contributed by atoms with Crippen molar-refractivity contribution in [1.82, 2.24) is 0 Å². The van der Waals surface area contributed by atoms with E-state index in [4.69, 9.17) is 5.73 Å². The topological polar surface area (TPSA) is 66.2 Å². The van der Waals surface area contributed by atoms with E-state index < -0.39 is 5.97 Å². The molecule has 1 aliphatic carbocycles. The molecule has 3 nitrogen and oxygen atoms in total. The molecule has 1 rings (SSSR count). The summed E-state index contributed by atoms with van der Waals surface area (Å²) in [4.78, 5) is 10.3. The second kappa shape index (κ2) is 3.01. The molecule has 1 aliphatic rings. The van der Waals surface area contributed by atoms with Gasteiger partial charge in [-0.25, -0.2) is 0 Å². The van der Waals surface area contributed by atoms with Crippen molar-refractivity contribution in [2.75, 3.05) is 0 Å². The van der Waals surface area contributed by atoms with E-state index >= 15 is 0 Å². The Labute approximate surface area is 60.2 Å². The van der Waals surface area contributed by atoms with Gasteiger partial charge in [0, 0.05) is 12.0 Å². The Kier molecular flexibility index (Phi) is 2.27. The summed E-state index contributed by atoms with van der Waals surface area (Å²) in [5.74, 6) is -1.15. The number of rotatable bonds is 1. The third-order valence-electron chi connectivity index (χ3n) is 2.11. The molecule has 0 bridgehead atoms. The molecule has 1 fully saturated rings. The fourth-order valence-electron chi connectivity index (χ4n) is 1.35. The molecule has 0 amide bonds. The monoisotopic (exact) mass is 142 g/mol. The Morgan fingerprint density at radius 1 is 1.30 bits per heavy atom. The largest absolute Gasteiger partial charge is 0.550 e. The minimum Gasteiger partial charge on any atom is -0.550 e. The first kappa shape index (κ1) is 7.54. The van der Waals surface area contributed by atoms with Gasteiger partial charge in [-0.05, 0) is 31.6 Å². The number of carboxylic acid groups (broad SMARTS) is 1. The van der Waals surface area contributed by atoms with E-state index in [1.165, 1.54) is 0 Å². The number of aliphatic carboxylic acids is 1. The molecule has 0 spiro atoms. The van der Waals surface area contributed by atoms with Crippen LogP contribution >= 0.6 is 0 Å². The number of nitrogens with two attached hydrogens (primary N) is 1. The van der Waals surface area contributed by atoms with E-state index in [0.717, 1.165) is 12.8 Å². The van der Waals surface area contributed by atoms with Gasteiger partial charge in [0.15, 0.2) is 0 Å². The number of hydrogen-bond acceptors (Lipinski definition) is 3. The number of hydrogen-bond donors (Lipinski definition) is 1. The molecule has 0 atom stereocenters. The van der Waals surface area contributed by atoms with Gasteiger partial charge in [-0.1, -0.05) is 0 Å². The van der Waals surface area contributed by atoms with Crippen molar-refractivity contribution < 1.29 is 9.90 Å². The Hall–Kier alpha value is -0.570. The van der Waals surface area contributed by atoms with Crippen molar-refractivity contribution in [1.29, 1.82) is 0 Å². The van der Waals surface area contributed by atoms with Gasteiger partial charge < -0.3 is 15.6 Å². The van der Waals surface area contributed by atoms with Crippen molar-refractivity contribution in [2.45, 2.75) is 31.7 Å². The average Bonchev–Trinajstić information content (AvgIpc) is 1.88. The molecule has 0 heterocycles. The zero-order valence-corrected chi connectivity index (χ0v) is 5.88. The minimum atomic E-state index is -0.910. The van der Waals surface area contributed by atoms with Crippen LogP contribution in [-0.4, -0.2) is 12.0 Å². The maximum absolute atomic E-state index is 10.3. The normalized spacial score (nSPS) is 33.7. The molecule has 0 saturated heterocycles. The van der Waals surface area contributed by atoms with Crippen molar-refractivity contribution in [3.8, 4) is 0 Å². The molecule has 3 heteroatoms. The highest BCUT2D eigenvalue weighted by Gasteiger charge is 2.18. The van der Waals surface area contributed by atoms with E-state index in [1.54, 1.807) is 0 Å². The van der Waals surface area contributed by atoms with Crippen molar-refractivity contribution in [3.05, 3.63) is 0 Å². The first-order chi connectivity index (χ1) is 4.70. The van der Waals surface area contributed by atoms with Crippen LogP contribution < -0.4 is 10.8 Å². The Balaban J connectivity index is 2.33. The number of carbonyl (C=O) groups excluding carboxylic acids is 1. The molecule has 0 aromatic rings. The first-order valence-electron chi connectivity index (χ1n) is 3.66. The molecular weight excluding hydrogens is 130 g/mol. The third kappa shape index (κ3) is 1.70. The predicted molar refractivity (Wildman–Crippen MR) is 34.9 cm³/mol. The van der Waals surface area contributed by atoms with E-state index in [-0.39, 0.29) is 12.0 Å². The molecule has 1 saturated carbocycles. The van der Waals surface area contributed by atoms with E-state index in [2.05, 4.69) is 0 Å². The third-order valence-corrected chi connectivity index (χ3v) is 2.11. The molecule has 0 aliphatic heterocycles. The van der Waals surface area contributed by atoms with Crippen LogP contribution in [0.5, 0.6) is 0 Å². The van der Waals surface area contributed by atoms with Gasteiger partial charge in [0.05, 0.1) is 0 Å². The summed E-state index contributed by atoms with van der Waals surface area (Å²) in [6, 6.07) is 0.218. The molecule has 58 valence electrons. The van der Waals surface area contributed by atoms with Gasteiger partial charge in [0.1, 0.15) is 0 Å². The maximum Gasteiger partial charge on any atom is 0.0445 e. The van der Waals surface area contributed by atoms with E-state index in [9.17, 15) is 9.90 Å². The van der Waals surface area contributed by atoms with E-state index in [0.29, 0.717) is 12.8 Å². The fraction of sp³-hybridized carbons (Fsp3) is 0.857. The second-order valence-corrected chi connectivity index (χ2v) is 2.93. The van der Waals surface area contributed by atoms with Crippen LogP contribution in [0, 0.1) is 5.92 Å². The lowest BCUT2D eigenvalue weighted by Gasteiger charge is -2.26. The van der Waals surface area contributed by atoms with E-state index in [1.807, 2.05) is 0 Å². The standard InChI is InChI=1S/C7H13NO2/c8-6-3-1-5(2-4-6)7(9)10/h5-6H,1-4,8H2,(H,9,10)/p-1. The minimum absolute atomic E-state index is 0.218. The number of carbonyl (C=O) groups is 1. The predicted octanol–water partition coefficient (Wildman–Crippen LogP) is -0.746. The Morgan fingerprint density at radius 3 is 2.20 bits per heavy atom. The zero-order chi connectivity index (χ0) is 7.56. The Morgan fingerprint density at radius 2 is 1.80 bits per heavy atom. The lowest BCUT2D eigenvalue weighted by atomic mass is 9.87. The van der Waals surface area contributed by atoms with Gasteiger partial charge in [0.25, 0.3) is 0 Å². The summed E-state index contributed by atoms with van der Waals surface area (Å²) < 4.78 is 0. The van der Waals surface area contributed by atoms with Gasteiger partial charge in [0.2, 0.25) is 0 Å². The highest BCUT2D eigenvalue weighted by molar-refractivity contribution is 5.67. The Bertz CT molecular complexity index is 128. The summed E-state index contributed by atoms with van der Waals surface area (Å²) in [7, 11) is 0. The summed E-state index contributed by atoms with van der Waals surface area (Å²) in [5, 5.41) is 10.3. The molecule has 0 aromatic heterocycles. The van der Waals surface area contributed by atoms with Crippen LogP contribution in [0.4, 0.5) is 0 Å². The molecule has 0 aromatic carbocycles. The smallest absolute Gasteiger partial charge is 0.0445 e. The highest BCUT2D eigenvalue weighted by atomic mass is 16.4. The lowest BCUT2D eigenvalue weighted by molar-refractivity contribution is -0.312. The molecular formula is C7H12NO2-. The molecule has 10 heavy (non-hydrogen) atoms. The fourth-order valence-corrected chi connectivity index (χ4v) is 1.35. The van der Waals surface area contributed by atoms with Crippen LogP contribution in [0.15, 0.2) is 0 Å². The van der Waals surface area contributed by atoms with Crippen LogP contribution in [0.2, 0.25) is 0 Å². The van der Waals surface area contributed by atoms with Gasteiger partial charge >= 0.3 is 0 Å².